The van der Waals surface area contributed by atoms with Crippen LogP contribution in [0.2, 0.25) is 0 Å². The molecule has 0 aliphatic carbocycles. The number of methoxy groups -OCH3 is 1. The molecule has 0 fully saturated rings. The van der Waals surface area contributed by atoms with Gasteiger partial charge in [-0.15, -0.1) is 0 Å². The lowest BCUT2D eigenvalue weighted by Crippen LogP contribution is -2.21. The fourth-order valence-corrected chi connectivity index (χ4v) is 4.64. The fraction of sp³-hybridized carbons (Fsp3) is 0.333. The topological polar surface area (TPSA) is 80.6 Å². The molecule has 3 rings (SSSR count). The molecule has 8 heteroatoms. The molecule has 1 N–H and O–H groups in total. The zero-order valence-electron chi connectivity index (χ0n) is 20.8. The number of ether oxygens (including phenoxy) is 3. The van der Waals surface area contributed by atoms with E-state index >= 15 is 0 Å². The van der Waals surface area contributed by atoms with Gasteiger partial charge in [-0.25, -0.2) is 9.79 Å². The molecule has 186 valence electrons. The highest BCUT2D eigenvalue weighted by atomic mass is 32.2. The Morgan fingerprint density at radius 3 is 2.37 bits per heavy atom. The number of rotatable bonds is 10. The van der Waals surface area contributed by atoms with Gasteiger partial charge in [0.25, 0.3) is 0 Å². The van der Waals surface area contributed by atoms with E-state index < -0.39 is 5.97 Å². The van der Waals surface area contributed by atoms with Crippen LogP contribution in [-0.4, -0.2) is 49.5 Å². The van der Waals surface area contributed by atoms with E-state index in [2.05, 4.69) is 23.7 Å². The van der Waals surface area contributed by atoms with E-state index in [0.717, 1.165) is 24.3 Å². The first-order valence-corrected chi connectivity index (χ1v) is 12.5. The summed E-state index contributed by atoms with van der Waals surface area (Å²) in [4.78, 5) is 20.0. The van der Waals surface area contributed by atoms with Gasteiger partial charge in [0.15, 0.2) is 0 Å². The molecular formula is C27H32N2O5S. The average Bonchev–Trinajstić information content (AvgIpc) is 3.16. The average molecular weight is 497 g/mol. The second-order valence-corrected chi connectivity index (χ2v) is 8.53. The summed E-state index contributed by atoms with van der Waals surface area (Å²) in [5.74, 6) is 0.635. The molecule has 0 aromatic heterocycles. The lowest BCUT2D eigenvalue weighted by Gasteiger charge is -2.22. The number of aliphatic imine (C=N–C) groups is 1. The molecule has 0 bridgehead atoms. The van der Waals surface area contributed by atoms with Gasteiger partial charge in [0.1, 0.15) is 27.9 Å². The molecule has 1 aliphatic rings. The molecule has 0 saturated heterocycles. The second kappa shape index (κ2) is 12.4. The van der Waals surface area contributed by atoms with Crippen molar-refractivity contribution in [1.29, 1.82) is 0 Å². The van der Waals surface area contributed by atoms with Crippen molar-refractivity contribution in [2.24, 2.45) is 4.99 Å². The molecule has 2 aromatic carbocycles. The van der Waals surface area contributed by atoms with E-state index in [-0.39, 0.29) is 17.9 Å². The minimum Gasteiger partial charge on any atom is -0.506 e. The van der Waals surface area contributed by atoms with E-state index in [4.69, 9.17) is 14.2 Å². The molecule has 0 atom stereocenters. The maximum Gasteiger partial charge on any atom is 0.344 e. The van der Waals surface area contributed by atoms with Gasteiger partial charge in [0.05, 0.1) is 30.9 Å². The number of benzene rings is 2. The highest BCUT2D eigenvalue weighted by Gasteiger charge is 2.33. The van der Waals surface area contributed by atoms with Crippen LogP contribution in [0, 0.1) is 0 Å². The smallest absolute Gasteiger partial charge is 0.344 e. The molecule has 1 heterocycles. The molecular weight excluding hydrogens is 464 g/mol. The van der Waals surface area contributed by atoms with Crippen LogP contribution in [0.15, 0.2) is 63.7 Å². The number of carbonyl (C=O) groups excluding carboxylic acids is 1. The number of hydrogen-bond donors (Lipinski definition) is 1. The SMILES string of the molecule is CCOC(=O)C1=C(O)/C(=C/c2ccc(N(CC)CC)cc2OCC)SC1=Nc1ccc(OC)cc1. The van der Waals surface area contributed by atoms with Gasteiger partial charge in [0, 0.05) is 30.4 Å². The van der Waals surface area contributed by atoms with E-state index in [9.17, 15) is 9.90 Å². The first-order chi connectivity index (χ1) is 16.9. The number of nitrogens with zero attached hydrogens (tertiary/aromatic N) is 2. The molecule has 0 saturated carbocycles. The first kappa shape index (κ1) is 26.2. The van der Waals surface area contributed by atoms with Gasteiger partial charge >= 0.3 is 5.97 Å². The highest BCUT2D eigenvalue weighted by molar-refractivity contribution is 8.18. The van der Waals surface area contributed by atoms with Crippen molar-refractivity contribution >= 4 is 40.2 Å². The van der Waals surface area contributed by atoms with Crippen molar-refractivity contribution in [1.82, 2.24) is 0 Å². The number of thioether (sulfide) groups is 1. The van der Waals surface area contributed by atoms with Gasteiger partial charge in [-0.3, -0.25) is 0 Å². The molecule has 0 radical (unpaired) electrons. The third-order valence-corrected chi connectivity index (χ3v) is 6.41. The molecule has 0 amide bonds. The van der Waals surface area contributed by atoms with Crippen LogP contribution in [0.4, 0.5) is 11.4 Å². The van der Waals surface area contributed by atoms with Gasteiger partial charge in [0.2, 0.25) is 0 Å². The minimum absolute atomic E-state index is 0.0524. The Labute approximate surface area is 211 Å². The third-order valence-electron chi connectivity index (χ3n) is 5.39. The summed E-state index contributed by atoms with van der Waals surface area (Å²) < 4.78 is 16.3. The second-order valence-electron chi connectivity index (χ2n) is 7.50. The summed E-state index contributed by atoms with van der Waals surface area (Å²) in [5.41, 5.74) is 2.54. The van der Waals surface area contributed by atoms with Crippen LogP contribution in [-0.2, 0) is 9.53 Å². The van der Waals surface area contributed by atoms with Crippen molar-refractivity contribution in [3.63, 3.8) is 0 Å². The molecule has 35 heavy (non-hydrogen) atoms. The predicted octanol–water partition coefficient (Wildman–Crippen LogP) is 6.13. The molecule has 2 aromatic rings. The summed E-state index contributed by atoms with van der Waals surface area (Å²) >= 11 is 1.22. The van der Waals surface area contributed by atoms with Crippen molar-refractivity contribution < 1.29 is 24.1 Å². The quantitative estimate of drug-likeness (QED) is 0.396. The van der Waals surface area contributed by atoms with E-state index in [1.807, 2.05) is 31.2 Å². The standard InChI is InChI=1S/C27H32N2O5S/c1-6-29(7-2)20-13-10-18(22(17-20)33-8-3)16-23-25(30)24(27(31)34-9-4)26(35-23)28-19-11-14-21(32-5)15-12-19/h10-17,30H,6-9H2,1-5H3/b23-16-,28-26?. The molecule has 0 unspecified atom stereocenters. The summed E-state index contributed by atoms with van der Waals surface area (Å²) in [6, 6.07) is 13.1. The number of aliphatic hydroxyl groups is 1. The van der Waals surface area contributed by atoms with Crippen LogP contribution in [0.5, 0.6) is 11.5 Å². The molecule has 0 spiro atoms. The number of hydrogen-bond acceptors (Lipinski definition) is 8. The van der Waals surface area contributed by atoms with Gasteiger partial charge < -0.3 is 24.2 Å². The monoisotopic (exact) mass is 496 g/mol. The maximum atomic E-state index is 12.7. The van der Waals surface area contributed by atoms with Gasteiger partial charge in [-0.05, 0) is 70.2 Å². The maximum absolute atomic E-state index is 12.7. The number of aliphatic hydroxyl groups excluding tert-OH is 1. The van der Waals surface area contributed by atoms with Gasteiger partial charge in [-0.1, -0.05) is 11.8 Å². The highest BCUT2D eigenvalue weighted by Crippen LogP contribution is 2.41. The Kier molecular flexibility index (Phi) is 9.25. The number of carbonyl (C=O) groups is 1. The predicted molar refractivity (Wildman–Crippen MR) is 143 cm³/mol. The lowest BCUT2D eigenvalue weighted by molar-refractivity contribution is -0.138. The van der Waals surface area contributed by atoms with Crippen LogP contribution >= 0.6 is 11.8 Å². The van der Waals surface area contributed by atoms with Crippen LogP contribution in [0.1, 0.15) is 33.3 Å². The summed E-state index contributed by atoms with van der Waals surface area (Å²) in [7, 11) is 1.59. The van der Waals surface area contributed by atoms with E-state index in [1.165, 1.54) is 11.8 Å². The molecule has 1 aliphatic heterocycles. The van der Waals surface area contributed by atoms with Crippen LogP contribution in [0.3, 0.4) is 0 Å². The van der Waals surface area contributed by atoms with Crippen LogP contribution in [0.25, 0.3) is 6.08 Å². The first-order valence-electron chi connectivity index (χ1n) is 11.7. The Balaban J connectivity index is 2.04. The van der Waals surface area contributed by atoms with E-state index in [0.29, 0.717) is 33.7 Å². The zero-order chi connectivity index (χ0) is 25.4. The van der Waals surface area contributed by atoms with Crippen molar-refractivity contribution in [2.75, 3.05) is 38.3 Å². The zero-order valence-corrected chi connectivity index (χ0v) is 21.6. The Morgan fingerprint density at radius 1 is 1.06 bits per heavy atom. The lowest BCUT2D eigenvalue weighted by atomic mass is 10.1. The molecule has 7 nitrogen and oxygen atoms in total. The summed E-state index contributed by atoms with van der Waals surface area (Å²) in [6.45, 7) is 10.3. The fourth-order valence-electron chi connectivity index (χ4n) is 3.62. The summed E-state index contributed by atoms with van der Waals surface area (Å²) in [6.07, 6.45) is 1.81. The number of esters is 1. The Morgan fingerprint density at radius 2 is 1.77 bits per heavy atom. The normalized spacial score (nSPS) is 15.6. The van der Waals surface area contributed by atoms with Crippen molar-refractivity contribution in [3.05, 3.63) is 64.3 Å². The Bertz CT molecular complexity index is 1130. The summed E-state index contributed by atoms with van der Waals surface area (Å²) in [5, 5.41) is 11.4. The largest absolute Gasteiger partial charge is 0.506 e. The third kappa shape index (κ3) is 6.19. The number of anilines is 1. The minimum atomic E-state index is -0.616. The van der Waals surface area contributed by atoms with E-state index in [1.54, 1.807) is 38.3 Å². The van der Waals surface area contributed by atoms with Crippen LogP contribution < -0.4 is 14.4 Å². The van der Waals surface area contributed by atoms with Crippen molar-refractivity contribution in [3.8, 4) is 11.5 Å². The Hall–Kier alpha value is -3.39. The van der Waals surface area contributed by atoms with Gasteiger partial charge in [-0.2, -0.15) is 0 Å². The van der Waals surface area contributed by atoms with Crippen molar-refractivity contribution in [2.45, 2.75) is 27.7 Å².